The predicted octanol–water partition coefficient (Wildman–Crippen LogP) is 3.17. The van der Waals surface area contributed by atoms with Gasteiger partial charge < -0.3 is 10.1 Å². The number of methoxy groups -OCH3 is 1. The summed E-state index contributed by atoms with van der Waals surface area (Å²) >= 11 is 0. The van der Waals surface area contributed by atoms with Crippen molar-refractivity contribution < 1.29 is 14.3 Å². The molecule has 1 aliphatic rings. The van der Waals surface area contributed by atoms with Gasteiger partial charge in [-0.05, 0) is 41.0 Å². The quantitative estimate of drug-likeness (QED) is 0.611. The van der Waals surface area contributed by atoms with Gasteiger partial charge in [0.05, 0.1) is 12.7 Å². The molecule has 6 nitrogen and oxygen atoms in total. The normalized spacial score (nSPS) is 18.8. The second-order valence-corrected chi connectivity index (χ2v) is 6.76. The summed E-state index contributed by atoms with van der Waals surface area (Å²) in [5.41, 5.74) is 8.43. The predicted molar refractivity (Wildman–Crippen MR) is 108 cm³/mol. The Bertz CT molecular complexity index is 1030. The van der Waals surface area contributed by atoms with E-state index in [1.54, 1.807) is 24.3 Å². The Balaban J connectivity index is 1.47. The van der Waals surface area contributed by atoms with Gasteiger partial charge in [-0.1, -0.05) is 48.5 Å². The summed E-state index contributed by atoms with van der Waals surface area (Å²) in [5.74, 6) is -0.593. The largest absolute Gasteiger partial charge is 0.465 e. The number of nitrogens with one attached hydrogen (secondary N) is 3. The van der Waals surface area contributed by atoms with Crippen LogP contribution >= 0.6 is 0 Å². The lowest BCUT2D eigenvalue weighted by Gasteiger charge is -2.13. The maximum Gasteiger partial charge on any atom is 0.337 e. The number of benzene rings is 3. The van der Waals surface area contributed by atoms with Crippen LogP contribution in [0.3, 0.4) is 0 Å². The van der Waals surface area contributed by atoms with Crippen molar-refractivity contribution in [2.45, 2.75) is 18.5 Å². The summed E-state index contributed by atoms with van der Waals surface area (Å²) in [4.78, 5) is 24.3. The topological polar surface area (TPSA) is 79.5 Å². The molecule has 2 unspecified atom stereocenters. The maximum absolute atomic E-state index is 12.7. The van der Waals surface area contributed by atoms with Crippen molar-refractivity contribution in [1.82, 2.24) is 10.9 Å². The van der Waals surface area contributed by atoms with Gasteiger partial charge in [0.2, 0.25) is 5.91 Å². The van der Waals surface area contributed by atoms with Gasteiger partial charge in [-0.15, -0.1) is 0 Å². The molecule has 0 radical (unpaired) electrons. The molecule has 1 aliphatic heterocycles. The highest BCUT2D eigenvalue weighted by Gasteiger charge is 2.31. The van der Waals surface area contributed by atoms with Gasteiger partial charge in [0.25, 0.3) is 0 Å². The van der Waals surface area contributed by atoms with E-state index in [1.807, 2.05) is 18.2 Å². The van der Waals surface area contributed by atoms with Gasteiger partial charge >= 0.3 is 5.97 Å². The highest BCUT2D eigenvalue weighted by atomic mass is 16.5. The van der Waals surface area contributed by atoms with Crippen molar-refractivity contribution in [1.29, 1.82) is 0 Å². The monoisotopic (exact) mass is 375 g/mol. The molecular weight excluding hydrogens is 354 g/mol. The lowest BCUT2D eigenvalue weighted by atomic mass is 9.96. The van der Waals surface area contributed by atoms with Crippen molar-refractivity contribution >= 4 is 28.3 Å². The number of anilines is 1. The molecule has 1 fully saturated rings. The molecule has 0 saturated carbocycles. The van der Waals surface area contributed by atoms with Crippen LogP contribution in [0.4, 0.5) is 5.69 Å². The van der Waals surface area contributed by atoms with Gasteiger partial charge in [-0.3, -0.25) is 4.79 Å². The second-order valence-electron chi connectivity index (χ2n) is 6.76. The first-order valence-electron chi connectivity index (χ1n) is 9.13. The van der Waals surface area contributed by atoms with E-state index in [2.05, 4.69) is 40.4 Å². The van der Waals surface area contributed by atoms with E-state index in [0.717, 1.165) is 5.56 Å². The van der Waals surface area contributed by atoms with Crippen molar-refractivity contribution in [2.24, 2.45) is 0 Å². The van der Waals surface area contributed by atoms with Crippen molar-refractivity contribution in [3.63, 3.8) is 0 Å². The summed E-state index contributed by atoms with van der Waals surface area (Å²) in [5, 5.41) is 5.22. The summed E-state index contributed by atoms with van der Waals surface area (Å²) in [6.07, 6.45) is 0.622. The molecule has 0 aliphatic carbocycles. The van der Waals surface area contributed by atoms with Gasteiger partial charge in [0.1, 0.15) is 6.04 Å². The fourth-order valence-electron chi connectivity index (χ4n) is 3.56. The molecule has 0 bridgehead atoms. The minimum Gasteiger partial charge on any atom is -0.465 e. The SMILES string of the molecule is COC(=O)c1cccc(NC(=O)C2CC(c3cccc4ccccc34)NN2)c1. The van der Waals surface area contributed by atoms with E-state index in [-0.39, 0.29) is 18.0 Å². The Labute approximate surface area is 162 Å². The standard InChI is InChI=1S/C22H21N3O3/c1-28-22(27)15-8-4-9-16(12-15)23-21(26)20-13-19(24-25-20)18-11-5-7-14-6-2-3-10-17(14)18/h2-12,19-20,24-25H,13H2,1H3,(H,23,26). The van der Waals surface area contributed by atoms with Crippen molar-refractivity contribution in [3.8, 4) is 0 Å². The molecule has 28 heavy (non-hydrogen) atoms. The molecule has 3 aromatic rings. The Hall–Kier alpha value is -3.22. The van der Waals surface area contributed by atoms with Crippen LogP contribution in [-0.4, -0.2) is 25.0 Å². The minimum absolute atomic E-state index is 0.0308. The molecule has 1 saturated heterocycles. The first-order chi connectivity index (χ1) is 13.7. The molecule has 1 amide bonds. The number of carbonyl (C=O) groups is 2. The van der Waals surface area contributed by atoms with Crippen LogP contribution in [0.5, 0.6) is 0 Å². The van der Waals surface area contributed by atoms with E-state index in [0.29, 0.717) is 17.7 Å². The zero-order valence-electron chi connectivity index (χ0n) is 15.4. The second kappa shape index (κ2) is 7.80. The maximum atomic E-state index is 12.7. The van der Waals surface area contributed by atoms with E-state index in [1.165, 1.54) is 17.9 Å². The summed E-state index contributed by atoms with van der Waals surface area (Å²) in [7, 11) is 1.33. The van der Waals surface area contributed by atoms with Gasteiger partial charge in [0, 0.05) is 11.7 Å². The Morgan fingerprint density at radius 2 is 1.79 bits per heavy atom. The van der Waals surface area contributed by atoms with Crippen LogP contribution in [0.25, 0.3) is 10.8 Å². The summed E-state index contributed by atoms with van der Waals surface area (Å²) in [6.45, 7) is 0. The highest BCUT2D eigenvalue weighted by Crippen LogP contribution is 2.29. The number of carbonyl (C=O) groups excluding carboxylic acids is 2. The lowest BCUT2D eigenvalue weighted by Crippen LogP contribution is -2.39. The smallest absolute Gasteiger partial charge is 0.337 e. The number of hydrogen-bond donors (Lipinski definition) is 3. The molecule has 2 atom stereocenters. The number of hydrogen-bond acceptors (Lipinski definition) is 5. The average Bonchev–Trinajstić information content (AvgIpc) is 3.23. The van der Waals surface area contributed by atoms with Crippen LogP contribution < -0.4 is 16.2 Å². The van der Waals surface area contributed by atoms with Crippen LogP contribution in [0.1, 0.15) is 28.4 Å². The molecule has 0 aromatic heterocycles. The Kier molecular flexibility index (Phi) is 5.06. The summed E-state index contributed by atoms with van der Waals surface area (Å²) in [6, 6.07) is 20.8. The number of hydrazine groups is 1. The zero-order valence-corrected chi connectivity index (χ0v) is 15.4. The molecular formula is C22H21N3O3. The number of fused-ring (bicyclic) bond motifs is 1. The number of esters is 1. The summed E-state index contributed by atoms with van der Waals surface area (Å²) < 4.78 is 4.72. The molecule has 1 heterocycles. The van der Waals surface area contributed by atoms with Gasteiger partial charge in [-0.2, -0.15) is 0 Å². The first-order valence-corrected chi connectivity index (χ1v) is 9.13. The van der Waals surface area contributed by atoms with Crippen molar-refractivity contribution in [2.75, 3.05) is 12.4 Å². The molecule has 6 heteroatoms. The molecule has 142 valence electrons. The minimum atomic E-state index is -0.437. The third kappa shape index (κ3) is 3.60. The van der Waals surface area contributed by atoms with Crippen LogP contribution in [0.2, 0.25) is 0 Å². The van der Waals surface area contributed by atoms with E-state index >= 15 is 0 Å². The van der Waals surface area contributed by atoms with E-state index in [9.17, 15) is 9.59 Å². The Morgan fingerprint density at radius 1 is 1.00 bits per heavy atom. The fraction of sp³-hybridized carbons (Fsp3) is 0.182. The van der Waals surface area contributed by atoms with Crippen LogP contribution in [0.15, 0.2) is 66.7 Å². The number of rotatable bonds is 4. The number of ether oxygens (including phenoxy) is 1. The zero-order chi connectivity index (χ0) is 19.5. The van der Waals surface area contributed by atoms with Gasteiger partial charge in [-0.25, -0.2) is 15.6 Å². The molecule has 0 spiro atoms. The average molecular weight is 375 g/mol. The van der Waals surface area contributed by atoms with Gasteiger partial charge in [0.15, 0.2) is 0 Å². The first kappa shape index (κ1) is 18.2. The highest BCUT2D eigenvalue weighted by molar-refractivity contribution is 5.97. The van der Waals surface area contributed by atoms with Crippen LogP contribution in [0, 0.1) is 0 Å². The van der Waals surface area contributed by atoms with E-state index in [4.69, 9.17) is 4.74 Å². The van der Waals surface area contributed by atoms with E-state index < -0.39 is 5.97 Å². The van der Waals surface area contributed by atoms with Crippen molar-refractivity contribution in [3.05, 3.63) is 77.9 Å². The third-order valence-corrected chi connectivity index (χ3v) is 4.97. The molecule has 3 N–H and O–H groups in total. The molecule has 4 rings (SSSR count). The third-order valence-electron chi connectivity index (χ3n) is 4.97. The van der Waals surface area contributed by atoms with Crippen LogP contribution in [-0.2, 0) is 9.53 Å². The Morgan fingerprint density at radius 3 is 2.64 bits per heavy atom. The molecule has 3 aromatic carbocycles. The fourth-order valence-corrected chi connectivity index (χ4v) is 3.56. The number of amides is 1. The lowest BCUT2D eigenvalue weighted by molar-refractivity contribution is -0.117.